The fourth-order valence-electron chi connectivity index (χ4n) is 1.81. The fraction of sp³-hybridized carbons (Fsp3) is 0.333. The normalized spacial score (nSPS) is 10.7. The standard InChI is InChI=1S/C12H16N4/c1-4-11-9(7-16(3)15-11)12-10(13)5-8(2)6-14-12/h5-7H,4,13H2,1-3H3. The Kier molecular flexibility index (Phi) is 2.64. The Hall–Kier alpha value is -1.84. The highest BCUT2D eigenvalue weighted by molar-refractivity contribution is 5.73. The number of hydrogen-bond acceptors (Lipinski definition) is 3. The quantitative estimate of drug-likeness (QED) is 0.834. The van der Waals surface area contributed by atoms with Crippen molar-refractivity contribution in [3.63, 3.8) is 0 Å². The molecule has 0 aliphatic rings. The predicted molar refractivity (Wildman–Crippen MR) is 65.0 cm³/mol. The molecule has 16 heavy (non-hydrogen) atoms. The third kappa shape index (κ3) is 1.78. The number of anilines is 1. The second-order valence-corrected chi connectivity index (χ2v) is 3.97. The summed E-state index contributed by atoms with van der Waals surface area (Å²) in [6.45, 7) is 4.06. The molecule has 0 amide bonds. The van der Waals surface area contributed by atoms with Gasteiger partial charge in [0.05, 0.1) is 17.1 Å². The summed E-state index contributed by atoms with van der Waals surface area (Å²) in [5, 5.41) is 4.39. The molecule has 0 spiro atoms. The van der Waals surface area contributed by atoms with Crippen LogP contribution in [0.25, 0.3) is 11.3 Å². The van der Waals surface area contributed by atoms with Gasteiger partial charge in [-0.05, 0) is 25.0 Å². The van der Waals surface area contributed by atoms with Crippen molar-refractivity contribution in [2.45, 2.75) is 20.3 Å². The van der Waals surface area contributed by atoms with Crippen LogP contribution in [0.1, 0.15) is 18.2 Å². The number of nitrogens with two attached hydrogens (primary N) is 1. The molecule has 0 saturated carbocycles. The van der Waals surface area contributed by atoms with Crippen molar-refractivity contribution in [2.24, 2.45) is 7.05 Å². The van der Waals surface area contributed by atoms with Crippen LogP contribution in [0.3, 0.4) is 0 Å². The molecule has 0 bridgehead atoms. The molecule has 2 aromatic heterocycles. The monoisotopic (exact) mass is 216 g/mol. The number of rotatable bonds is 2. The molecule has 0 atom stereocenters. The minimum atomic E-state index is 0.711. The zero-order valence-electron chi connectivity index (χ0n) is 9.86. The number of nitrogen functional groups attached to an aromatic ring is 1. The zero-order chi connectivity index (χ0) is 11.7. The van der Waals surface area contributed by atoms with Crippen LogP contribution in [0.2, 0.25) is 0 Å². The van der Waals surface area contributed by atoms with Gasteiger partial charge in [-0.2, -0.15) is 5.10 Å². The van der Waals surface area contributed by atoms with Gasteiger partial charge >= 0.3 is 0 Å². The van der Waals surface area contributed by atoms with Gasteiger partial charge in [0.15, 0.2) is 0 Å². The Balaban J connectivity index is 2.57. The van der Waals surface area contributed by atoms with Gasteiger partial charge < -0.3 is 5.73 Å². The summed E-state index contributed by atoms with van der Waals surface area (Å²) >= 11 is 0. The lowest BCUT2D eigenvalue weighted by Gasteiger charge is -2.04. The van der Waals surface area contributed by atoms with Crippen LogP contribution < -0.4 is 5.73 Å². The molecule has 0 unspecified atom stereocenters. The number of pyridine rings is 1. The van der Waals surface area contributed by atoms with Gasteiger partial charge in [-0.1, -0.05) is 6.92 Å². The molecule has 2 N–H and O–H groups in total. The van der Waals surface area contributed by atoms with Crippen molar-refractivity contribution in [3.05, 3.63) is 29.7 Å². The van der Waals surface area contributed by atoms with Crippen molar-refractivity contribution in [3.8, 4) is 11.3 Å². The van der Waals surface area contributed by atoms with Crippen LogP contribution in [-0.2, 0) is 13.5 Å². The summed E-state index contributed by atoms with van der Waals surface area (Å²) in [6, 6.07) is 1.94. The molecule has 0 saturated heterocycles. The highest BCUT2D eigenvalue weighted by atomic mass is 15.3. The Morgan fingerprint density at radius 1 is 1.44 bits per heavy atom. The Bertz CT molecular complexity index is 514. The molecule has 2 aromatic rings. The molecular formula is C12H16N4. The SMILES string of the molecule is CCc1nn(C)cc1-c1ncc(C)cc1N. The predicted octanol–water partition coefficient (Wildman–Crippen LogP) is 1.94. The van der Waals surface area contributed by atoms with Gasteiger partial charge in [0, 0.05) is 25.0 Å². The molecule has 2 rings (SSSR count). The number of aromatic nitrogens is 3. The van der Waals surface area contributed by atoms with Crippen LogP contribution in [0.4, 0.5) is 5.69 Å². The first-order valence-corrected chi connectivity index (χ1v) is 5.36. The molecule has 0 aromatic carbocycles. The van der Waals surface area contributed by atoms with E-state index < -0.39 is 0 Å². The lowest BCUT2D eigenvalue weighted by Crippen LogP contribution is -1.95. The maximum absolute atomic E-state index is 5.99. The average Bonchev–Trinajstić information content (AvgIpc) is 2.59. The van der Waals surface area contributed by atoms with Crippen LogP contribution >= 0.6 is 0 Å². The van der Waals surface area contributed by atoms with E-state index >= 15 is 0 Å². The van der Waals surface area contributed by atoms with E-state index in [0.717, 1.165) is 28.9 Å². The summed E-state index contributed by atoms with van der Waals surface area (Å²) in [5.74, 6) is 0. The third-order valence-corrected chi connectivity index (χ3v) is 2.55. The highest BCUT2D eigenvalue weighted by Gasteiger charge is 2.12. The van der Waals surface area contributed by atoms with Crippen LogP contribution in [0.15, 0.2) is 18.5 Å². The first-order valence-electron chi connectivity index (χ1n) is 5.36. The molecule has 0 aliphatic carbocycles. The van der Waals surface area contributed by atoms with Crippen molar-refractivity contribution >= 4 is 5.69 Å². The molecular weight excluding hydrogens is 200 g/mol. The van der Waals surface area contributed by atoms with E-state index in [-0.39, 0.29) is 0 Å². The lowest BCUT2D eigenvalue weighted by molar-refractivity contribution is 0.746. The smallest absolute Gasteiger partial charge is 0.0965 e. The van der Waals surface area contributed by atoms with E-state index in [1.807, 2.05) is 32.4 Å². The topological polar surface area (TPSA) is 56.7 Å². The molecule has 0 radical (unpaired) electrons. The molecule has 4 nitrogen and oxygen atoms in total. The molecule has 4 heteroatoms. The van der Waals surface area contributed by atoms with E-state index in [2.05, 4.69) is 17.0 Å². The van der Waals surface area contributed by atoms with Gasteiger partial charge in [-0.3, -0.25) is 9.67 Å². The Morgan fingerprint density at radius 2 is 2.19 bits per heavy atom. The molecule has 0 aliphatic heterocycles. The van der Waals surface area contributed by atoms with Crippen molar-refractivity contribution in [2.75, 3.05) is 5.73 Å². The van der Waals surface area contributed by atoms with Crippen LogP contribution in [-0.4, -0.2) is 14.8 Å². The summed E-state index contributed by atoms with van der Waals surface area (Å²) in [6.07, 6.45) is 4.68. The van der Waals surface area contributed by atoms with Crippen molar-refractivity contribution < 1.29 is 0 Å². The minimum absolute atomic E-state index is 0.711. The van der Waals surface area contributed by atoms with E-state index in [0.29, 0.717) is 5.69 Å². The lowest BCUT2D eigenvalue weighted by atomic mass is 10.1. The first-order chi connectivity index (χ1) is 7.61. The zero-order valence-corrected chi connectivity index (χ0v) is 9.86. The minimum Gasteiger partial charge on any atom is -0.397 e. The average molecular weight is 216 g/mol. The van der Waals surface area contributed by atoms with Crippen molar-refractivity contribution in [1.82, 2.24) is 14.8 Å². The first kappa shape index (κ1) is 10.7. The van der Waals surface area contributed by atoms with Gasteiger partial charge in [0.1, 0.15) is 0 Å². The molecule has 0 fully saturated rings. The number of aryl methyl sites for hydroxylation is 3. The van der Waals surface area contributed by atoms with Gasteiger partial charge in [0.2, 0.25) is 0 Å². The van der Waals surface area contributed by atoms with Gasteiger partial charge in [0.25, 0.3) is 0 Å². The Labute approximate surface area is 95.1 Å². The second-order valence-electron chi connectivity index (χ2n) is 3.97. The summed E-state index contributed by atoms with van der Waals surface area (Å²) in [7, 11) is 1.91. The second kappa shape index (κ2) is 3.96. The van der Waals surface area contributed by atoms with Gasteiger partial charge in [-0.25, -0.2) is 0 Å². The number of nitrogens with zero attached hydrogens (tertiary/aromatic N) is 3. The maximum atomic E-state index is 5.99. The van der Waals surface area contributed by atoms with E-state index in [1.165, 1.54) is 0 Å². The van der Waals surface area contributed by atoms with Gasteiger partial charge in [-0.15, -0.1) is 0 Å². The third-order valence-electron chi connectivity index (χ3n) is 2.55. The summed E-state index contributed by atoms with van der Waals surface area (Å²) in [5.41, 5.74) is 10.7. The molecule has 84 valence electrons. The van der Waals surface area contributed by atoms with E-state index in [4.69, 9.17) is 5.73 Å². The van der Waals surface area contributed by atoms with E-state index in [1.54, 1.807) is 4.68 Å². The Morgan fingerprint density at radius 3 is 2.81 bits per heavy atom. The highest BCUT2D eigenvalue weighted by Crippen LogP contribution is 2.26. The van der Waals surface area contributed by atoms with Crippen LogP contribution in [0.5, 0.6) is 0 Å². The largest absolute Gasteiger partial charge is 0.397 e. The van der Waals surface area contributed by atoms with Crippen LogP contribution in [0, 0.1) is 6.92 Å². The van der Waals surface area contributed by atoms with Crippen molar-refractivity contribution in [1.29, 1.82) is 0 Å². The number of hydrogen-bond donors (Lipinski definition) is 1. The fourth-order valence-corrected chi connectivity index (χ4v) is 1.81. The van der Waals surface area contributed by atoms with E-state index in [9.17, 15) is 0 Å². The molecule has 2 heterocycles. The summed E-state index contributed by atoms with van der Waals surface area (Å²) in [4.78, 5) is 4.39. The summed E-state index contributed by atoms with van der Waals surface area (Å²) < 4.78 is 1.80. The maximum Gasteiger partial charge on any atom is 0.0965 e.